The van der Waals surface area contributed by atoms with E-state index in [-0.39, 0.29) is 0 Å². The molecule has 0 fully saturated rings. The number of benzene rings is 2. The molecule has 1 aliphatic heterocycles. The van der Waals surface area contributed by atoms with Gasteiger partial charge in [-0.2, -0.15) is 0 Å². The molecule has 0 radical (unpaired) electrons. The second-order valence-electron chi connectivity index (χ2n) is 4.52. The smallest absolute Gasteiger partial charge is 0.0453 e. The van der Waals surface area contributed by atoms with Gasteiger partial charge in [0, 0.05) is 30.0 Å². The minimum Gasteiger partial charge on any atom is -0.384 e. The van der Waals surface area contributed by atoms with Gasteiger partial charge in [-0.25, -0.2) is 0 Å². The summed E-state index contributed by atoms with van der Waals surface area (Å²) < 4.78 is 0. The topological polar surface area (TPSA) is 24.9 Å². The second kappa shape index (κ2) is 5.53. The van der Waals surface area contributed by atoms with Crippen LogP contribution in [0.3, 0.4) is 0 Å². The standard InChI is InChI=1S/C12H11N.C5H5N/c1-2-4-11-9(3-1)5-6-10-7-8-13-12(10)11;1-2-4-6-5-3-1/h1-6,13H,7-8H2;1-5H. The number of nitrogens with one attached hydrogen (secondary N) is 1. The number of hydrogen-bond acceptors (Lipinski definition) is 2. The summed E-state index contributed by atoms with van der Waals surface area (Å²) in [6, 6.07) is 18.7. The fourth-order valence-corrected chi connectivity index (χ4v) is 2.37. The van der Waals surface area contributed by atoms with E-state index in [0.717, 1.165) is 6.54 Å². The maximum Gasteiger partial charge on any atom is 0.0453 e. The highest BCUT2D eigenvalue weighted by atomic mass is 14.9. The Kier molecular flexibility index (Phi) is 3.41. The zero-order chi connectivity index (χ0) is 12.9. The predicted octanol–water partition coefficient (Wildman–Crippen LogP) is 3.89. The Morgan fingerprint density at radius 3 is 2.42 bits per heavy atom. The number of rotatable bonds is 0. The molecule has 0 atom stereocenters. The number of aromatic nitrogens is 1. The molecule has 0 unspecified atom stereocenters. The van der Waals surface area contributed by atoms with Crippen molar-refractivity contribution in [3.05, 3.63) is 72.6 Å². The maximum atomic E-state index is 3.78. The van der Waals surface area contributed by atoms with E-state index in [2.05, 4.69) is 46.7 Å². The van der Waals surface area contributed by atoms with Gasteiger partial charge in [-0.3, -0.25) is 4.98 Å². The highest BCUT2D eigenvalue weighted by Gasteiger charge is 2.11. The van der Waals surface area contributed by atoms with Crippen LogP contribution in [-0.4, -0.2) is 11.5 Å². The molecule has 0 bridgehead atoms. The summed E-state index contributed by atoms with van der Waals surface area (Å²) in [5.41, 5.74) is 2.80. The molecule has 2 aromatic carbocycles. The molecule has 0 saturated carbocycles. The first-order chi connectivity index (χ1) is 9.45. The van der Waals surface area contributed by atoms with E-state index in [1.807, 2.05) is 18.2 Å². The second-order valence-corrected chi connectivity index (χ2v) is 4.52. The van der Waals surface area contributed by atoms with Gasteiger partial charge in [-0.1, -0.05) is 42.5 Å². The normalized spacial score (nSPS) is 12.2. The van der Waals surface area contributed by atoms with Gasteiger partial charge in [0.15, 0.2) is 0 Å². The molecule has 0 spiro atoms. The molecular formula is C17H16N2. The summed E-state index contributed by atoms with van der Waals surface area (Å²) >= 11 is 0. The maximum absolute atomic E-state index is 3.78. The Balaban J connectivity index is 0.000000155. The SMILES string of the molecule is c1ccc2c3c(ccc2c1)CCN3.c1ccncc1. The molecular weight excluding hydrogens is 232 g/mol. The van der Waals surface area contributed by atoms with E-state index in [9.17, 15) is 0 Å². The summed E-state index contributed by atoms with van der Waals surface area (Å²) in [7, 11) is 0. The van der Waals surface area contributed by atoms with Crippen LogP contribution in [-0.2, 0) is 6.42 Å². The van der Waals surface area contributed by atoms with E-state index < -0.39 is 0 Å². The average molecular weight is 248 g/mol. The molecule has 4 rings (SSSR count). The number of nitrogens with zero attached hydrogens (tertiary/aromatic N) is 1. The lowest BCUT2D eigenvalue weighted by Gasteiger charge is -2.04. The third-order valence-corrected chi connectivity index (χ3v) is 3.28. The van der Waals surface area contributed by atoms with E-state index >= 15 is 0 Å². The van der Waals surface area contributed by atoms with Gasteiger partial charge in [-0.15, -0.1) is 0 Å². The van der Waals surface area contributed by atoms with Gasteiger partial charge >= 0.3 is 0 Å². The van der Waals surface area contributed by atoms with E-state index in [1.165, 1.54) is 28.4 Å². The molecule has 2 heteroatoms. The minimum absolute atomic E-state index is 1.09. The Morgan fingerprint density at radius 1 is 0.842 bits per heavy atom. The van der Waals surface area contributed by atoms with Gasteiger partial charge < -0.3 is 5.32 Å². The summed E-state index contributed by atoms with van der Waals surface area (Å²) in [6.07, 6.45) is 4.67. The van der Waals surface area contributed by atoms with Crippen molar-refractivity contribution in [3.8, 4) is 0 Å². The van der Waals surface area contributed by atoms with Crippen LogP contribution in [0.5, 0.6) is 0 Å². The largest absolute Gasteiger partial charge is 0.384 e. The van der Waals surface area contributed by atoms with Crippen LogP contribution in [0.1, 0.15) is 5.56 Å². The quantitative estimate of drug-likeness (QED) is 0.653. The lowest BCUT2D eigenvalue weighted by atomic mass is 10.0. The molecule has 1 aliphatic rings. The van der Waals surface area contributed by atoms with Crippen LogP contribution in [0.2, 0.25) is 0 Å². The Hall–Kier alpha value is -2.35. The van der Waals surface area contributed by atoms with Gasteiger partial charge in [0.25, 0.3) is 0 Å². The van der Waals surface area contributed by atoms with Crippen LogP contribution in [0.4, 0.5) is 5.69 Å². The van der Waals surface area contributed by atoms with Crippen LogP contribution in [0.15, 0.2) is 67.0 Å². The molecule has 19 heavy (non-hydrogen) atoms. The number of hydrogen-bond donors (Lipinski definition) is 1. The first-order valence-electron chi connectivity index (χ1n) is 6.54. The van der Waals surface area contributed by atoms with Gasteiger partial charge in [0.05, 0.1) is 0 Å². The van der Waals surface area contributed by atoms with Crippen LogP contribution < -0.4 is 5.32 Å². The summed E-state index contributed by atoms with van der Waals surface area (Å²) in [6.45, 7) is 1.09. The monoisotopic (exact) mass is 248 g/mol. The van der Waals surface area contributed by atoms with Crippen molar-refractivity contribution in [3.63, 3.8) is 0 Å². The third kappa shape index (κ3) is 2.58. The molecule has 3 aromatic rings. The first kappa shape index (κ1) is 11.7. The predicted molar refractivity (Wildman–Crippen MR) is 80.4 cm³/mol. The summed E-state index contributed by atoms with van der Waals surface area (Å²) in [4.78, 5) is 3.78. The fourth-order valence-electron chi connectivity index (χ4n) is 2.37. The van der Waals surface area contributed by atoms with Gasteiger partial charge in [0.1, 0.15) is 0 Å². The minimum atomic E-state index is 1.09. The molecule has 1 N–H and O–H groups in total. The van der Waals surface area contributed by atoms with Crippen molar-refractivity contribution in [2.24, 2.45) is 0 Å². The van der Waals surface area contributed by atoms with E-state index in [1.54, 1.807) is 12.4 Å². The number of pyridine rings is 1. The summed E-state index contributed by atoms with van der Waals surface area (Å²) in [5.74, 6) is 0. The first-order valence-corrected chi connectivity index (χ1v) is 6.54. The van der Waals surface area contributed by atoms with Crippen molar-refractivity contribution in [1.82, 2.24) is 4.98 Å². The average Bonchev–Trinajstić information content (AvgIpc) is 2.99. The number of fused-ring (bicyclic) bond motifs is 3. The zero-order valence-electron chi connectivity index (χ0n) is 10.7. The Bertz CT molecular complexity index is 636. The lowest BCUT2D eigenvalue weighted by molar-refractivity contribution is 1.11. The third-order valence-electron chi connectivity index (χ3n) is 3.28. The van der Waals surface area contributed by atoms with Crippen molar-refractivity contribution >= 4 is 16.5 Å². The zero-order valence-corrected chi connectivity index (χ0v) is 10.7. The van der Waals surface area contributed by atoms with Crippen molar-refractivity contribution in [2.45, 2.75) is 6.42 Å². The lowest BCUT2D eigenvalue weighted by Crippen LogP contribution is -1.91. The highest BCUT2D eigenvalue weighted by Crippen LogP contribution is 2.30. The Morgan fingerprint density at radius 2 is 1.68 bits per heavy atom. The molecule has 0 aliphatic carbocycles. The molecule has 2 nitrogen and oxygen atoms in total. The van der Waals surface area contributed by atoms with Crippen LogP contribution >= 0.6 is 0 Å². The fraction of sp³-hybridized carbons (Fsp3) is 0.118. The molecule has 0 amide bonds. The number of anilines is 1. The van der Waals surface area contributed by atoms with E-state index in [0.29, 0.717) is 0 Å². The van der Waals surface area contributed by atoms with E-state index in [4.69, 9.17) is 0 Å². The van der Waals surface area contributed by atoms with Crippen LogP contribution in [0.25, 0.3) is 10.8 Å². The Labute approximate surface area is 113 Å². The van der Waals surface area contributed by atoms with Crippen molar-refractivity contribution in [2.75, 3.05) is 11.9 Å². The van der Waals surface area contributed by atoms with Crippen LogP contribution in [0, 0.1) is 0 Å². The highest BCUT2D eigenvalue weighted by molar-refractivity contribution is 5.96. The molecule has 2 heterocycles. The van der Waals surface area contributed by atoms with Gasteiger partial charge in [-0.05, 0) is 29.5 Å². The van der Waals surface area contributed by atoms with Crippen molar-refractivity contribution in [1.29, 1.82) is 0 Å². The molecule has 0 saturated heterocycles. The summed E-state index contributed by atoms with van der Waals surface area (Å²) in [5, 5.41) is 6.13. The van der Waals surface area contributed by atoms with Crippen molar-refractivity contribution < 1.29 is 0 Å². The molecule has 94 valence electrons. The molecule has 1 aromatic heterocycles. The van der Waals surface area contributed by atoms with Gasteiger partial charge in [0.2, 0.25) is 0 Å².